The molecule has 1 aliphatic rings. The Morgan fingerprint density at radius 2 is 2.25 bits per heavy atom. The zero-order valence-corrected chi connectivity index (χ0v) is 10.2. The Morgan fingerprint density at radius 1 is 1.44 bits per heavy atom. The number of aromatic nitrogens is 1. The predicted molar refractivity (Wildman–Crippen MR) is 68.3 cm³/mol. The molecular weight excluding hydrogens is 198 g/mol. The number of nitrogens with two attached hydrogens (primary N) is 1. The fourth-order valence-corrected chi connectivity index (χ4v) is 2.50. The van der Waals surface area contributed by atoms with Gasteiger partial charge in [0.15, 0.2) is 0 Å². The van der Waals surface area contributed by atoms with E-state index in [1.807, 2.05) is 12.1 Å². The number of nitrogens with one attached hydrogen (secondary N) is 1. The van der Waals surface area contributed by atoms with Crippen LogP contribution in [0.1, 0.15) is 39.5 Å². The second-order valence-electron chi connectivity index (χ2n) is 5.40. The van der Waals surface area contributed by atoms with E-state index in [9.17, 15) is 0 Å². The number of nitrogens with zero attached hydrogens (tertiary/aromatic N) is 1. The van der Waals surface area contributed by atoms with Crippen LogP contribution in [-0.4, -0.2) is 11.0 Å². The number of nitrogen functional groups attached to an aromatic ring is 1. The maximum atomic E-state index is 5.68. The zero-order chi connectivity index (χ0) is 11.6. The third-order valence-electron chi connectivity index (χ3n) is 3.63. The molecule has 0 aromatic carbocycles. The SMILES string of the molecule is CC1(C)CCCCC1Nc1ccnc(N)c1. The van der Waals surface area contributed by atoms with Gasteiger partial charge < -0.3 is 11.1 Å². The molecule has 88 valence electrons. The first-order valence-corrected chi connectivity index (χ1v) is 6.06. The molecule has 1 atom stereocenters. The number of hydrogen-bond donors (Lipinski definition) is 2. The van der Waals surface area contributed by atoms with Crippen molar-refractivity contribution >= 4 is 11.5 Å². The van der Waals surface area contributed by atoms with Gasteiger partial charge in [-0.1, -0.05) is 26.7 Å². The minimum atomic E-state index is 0.371. The number of anilines is 2. The van der Waals surface area contributed by atoms with Gasteiger partial charge in [-0.25, -0.2) is 4.98 Å². The summed E-state index contributed by atoms with van der Waals surface area (Å²) in [5, 5.41) is 3.59. The summed E-state index contributed by atoms with van der Waals surface area (Å²) in [6, 6.07) is 4.44. The van der Waals surface area contributed by atoms with E-state index in [-0.39, 0.29) is 0 Å². The Labute approximate surface area is 97.5 Å². The van der Waals surface area contributed by atoms with Crippen molar-refractivity contribution in [3.05, 3.63) is 18.3 Å². The molecule has 0 amide bonds. The van der Waals surface area contributed by atoms with Gasteiger partial charge >= 0.3 is 0 Å². The van der Waals surface area contributed by atoms with Crippen LogP contribution in [-0.2, 0) is 0 Å². The van der Waals surface area contributed by atoms with Gasteiger partial charge in [0.05, 0.1) is 0 Å². The monoisotopic (exact) mass is 219 g/mol. The van der Waals surface area contributed by atoms with Crippen molar-refractivity contribution in [2.45, 2.75) is 45.6 Å². The highest BCUT2D eigenvalue weighted by Crippen LogP contribution is 2.37. The highest BCUT2D eigenvalue weighted by molar-refractivity contribution is 5.50. The summed E-state index contributed by atoms with van der Waals surface area (Å²) in [6.45, 7) is 4.68. The van der Waals surface area contributed by atoms with Crippen LogP contribution in [0, 0.1) is 5.41 Å². The average Bonchev–Trinajstić information content (AvgIpc) is 2.21. The van der Waals surface area contributed by atoms with Crippen LogP contribution in [0.25, 0.3) is 0 Å². The van der Waals surface area contributed by atoms with E-state index in [4.69, 9.17) is 5.73 Å². The minimum absolute atomic E-state index is 0.371. The maximum Gasteiger partial charge on any atom is 0.125 e. The second-order valence-corrected chi connectivity index (χ2v) is 5.40. The molecule has 3 N–H and O–H groups in total. The van der Waals surface area contributed by atoms with Crippen molar-refractivity contribution in [1.29, 1.82) is 0 Å². The lowest BCUT2D eigenvalue weighted by Crippen LogP contribution is -2.38. The topological polar surface area (TPSA) is 50.9 Å². The van der Waals surface area contributed by atoms with Gasteiger partial charge in [-0.2, -0.15) is 0 Å². The molecule has 1 unspecified atom stereocenters. The van der Waals surface area contributed by atoms with Crippen molar-refractivity contribution in [2.24, 2.45) is 5.41 Å². The lowest BCUT2D eigenvalue weighted by atomic mass is 9.73. The van der Waals surface area contributed by atoms with Gasteiger partial charge in [-0.05, 0) is 24.3 Å². The number of hydrogen-bond acceptors (Lipinski definition) is 3. The van der Waals surface area contributed by atoms with E-state index in [0.717, 1.165) is 5.69 Å². The summed E-state index contributed by atoms with van der Waals surface area (Å²) in [5.41, 5.74) is 7.14. The largest absolute Gasteiger partial charge is 0.384 e. The van der Waals surface area contributed by atoms with Gasteiger partial charge in [0.2, 0.25) is 0 Å². The maximum absolute atomic E-state index is 5.68. The molecule has 1 fully saturated rings. The van der Waals surface area contributed by atoms with Crippen LogP contribution in [0.2, 0.25) is 0 Å². The molecule has 0 spiro atoms. The number of pyridine rings is 1. The Balaban J connectivity index is 2.08. The molecule has 3 heteroatoms. The first-order chi connectivity index (χ1) is 7.58. The summed E-state index contributed by atoms with van der Waals surface area (Å²) >= 11 is 0. The molecule has 3 nitrogen and oxygen atoms in total. The first-order valence-electron chi connectivity index (χ1n) is 6.06. The molecular formula is C13H21N3. The zero-order valence-electron chi connectivity index (χ0n) is 10.2. The number of rotatable bonds is 2. The van der Waals surface area contributed by atoms with E-state index in [1.165, 1.54) is 25.7 Å². The average molecular weight is 219 g/mol. The molecule has 1 aromatic heterocycles. The Morgan fingerprint density at radius 3 is 2.94 bits per heavy atom. The fraction of sp³-hybridized carbons (Fsp3) is 0.615. The van der Waals surface area contributed by atoms with Gasteiger partial charge in [0.1, 0.15) is 5.82 Å². The lowest BCUT2D eigenvalue weighted by molar-refractivity contribution is 0.217. The molecule has 2 rings (SSSR count). The quantitative estimate of drug-likeness (QED) is 0.803. The fourth-order valence-electron chi connectivity index (χ4n) is 2.50. The smallest absolute Gasteiger partial charge is 0.125 e. The van der Waals surface area contributed by atoms with E-state index in [0.29, 0.717) is 17.3 Å². The molecule has 1 aliphatic carbocycles. The van der Waals surface area contributed by atoms with Crippen LogP contribution >= 0.6 is 0 Å². The predicted octanol–water partition coefficient (Wildman–Crippen LogP) is 3.04. The molecule has 0 bridgehead atoms. The first kappa shape index (κ1) is 11.2. The summed E-state index contributed by atoms with van der Waals surface area (Å²) in [5.74, 6) is 0.582. The van der Waals surface area contributed by atoms with Gasteiger partial charge in [0.25, 0.3) is 0 Å². The lowest BCUT2D eigenvalue weighted by Gasteiger charge is -2.39. The Kier molecular flexibility index (Phi) is 3.03. The van der Waals surface area contributed by atoms with Gasteiger partial charge in [-0.3, -0.25) is 0 Å². The van der Waals surface area contributed by atoms with Crippen LogP contribution < -0.4 is 11.1 Å². The van der Waals surface area contributed by atoms with Crippen molar-refractivity contribution in [3.63, 3.8) is 0 Å². The highest BCUT2D eigenvalue weighted by Gasteiger charge is 2.31. The molecule has 16 heavy (non-hydrogen) atoms. The molecule has 1 heterocycles. The van der Waals surface area contributed by atoms with Crippen molar-refractivity contribution < 1.29 is 0 Å². The molecule has 1 aromatic rings. The van der Waals surface area contributed by atoms with Crippen molar-refractivity contribution in [2.75, 3.05) is 11.1 Å². The summed E-state index contributed by atoms with van der Waals surface area (Å²) in [4.78, 5) is 4.01. The standard InChI is InChI=1S/C13H21N3/c1-13(2)7-4-3-5-11(13)16-10-6-8-15-12(14)9-10/h6,8-9,11H,3-5,7H2,1-2H3,(H3,14,15,16). The third kappa shape index (κ3) is 2.46. The normalized spacial score (nSPS) is 24.0. The molecule has 0 saturated heterocycles. The van der Waals surface area contributed by atoms with Crippen molar-refractivity contribution in [1.82, 2.24) is 4.98 Å². The van der Waals surface area contributed by atoms with E-state index >= 15 is 0 Å². The Bertz CT molecular complexity index is 360. The molecule has 1 saturated carbocycles. The van der Waals surface area contributed by atoms with E-state index < -0.39 is 0 Å². The van der Waals surface area contributed by atoms with Crippen molar-refractivity contribution in [3.8, 4) is 0 Å². The van der Waals surface area contributed by atoms with Crippen LogP contribution in [0.4, 0.5) is 11.5 Å². The summed E-state index contributed by atoms with van der Waals surface area (Å²) in [6.07, 6.45) is 6.97. The summed E-state index contributed by atoms with van der Waals surface area (Å²) < 4.78 is 0. The molecule has 0 aliphatic heterocycles. The second kappa shape index (κ2) is 4.32. The van der Waals surface area contributed by atoms with Gasteiger partial charge in [0, 0.05) is 24.0 Å². The van der Waals surface area contributed by atoms with Crippen LogP contribution in [0.3, 0.4) is 0 Å². The van der Waals surface area contributed by atoms with Gasteiger partial charge in [-0.15, -0.1) is 0 Å². The highest BCUT2D eigenvalue weighted by atomic mass is 15.0. The Hall–Kier alpha value is -1.25. The molecule has 0 radical (unpaired) electrons. The van der Waals surface area contributed by atoms with Crippen LogP contribution in [0.15, 0.2) is 18.3 Å². The third-order valence-corrected chi connectivity index (χ3v) is 3.63. The van der Waals surface area contributed by atoms with Crippen LogP contribution in [0.5, 0.6) is 0 Å². The van der Waals surface area contributed by atoms with E-state index in [2.05, 4.69) is 24.1 Å². The summed E-state index contributed by atoms with van der Waals surface area (Å²) in [7, 11) is 0. The van der Waals surface area contributed by atoms with E-state index in [1.54, 1.807) is 6.20 Å². The minimum Gasteiger partial charge on any atom is -0.384 e.